The lowest BCUT2D eigenvalue weighted by Crippen LogP contribution is -2.43. The third-order valence-electron chi connectivity index (χ3n) is 2.87. The zero-order chi connectivity index (χ0) is 11.3. The van der Waals surface area contributed by atoms with Gasteiger partial charge in [0.1, 0.15) is 0 Å². The van der Waals surface area contributed by atoms with Gasteiger partial charge in [-0.05, 0) is 25.6 Å². The molecular weight excluding hydrogens is 224 g/mol. The van der Waals surface area contributed by atoms with Gasteiger partial charge in [-0.1, -0.05) is 21.5 Å². The second-order valence-electron chi connectivity index (χ2n) is 3.75. The molecule has 4 heteroatoms. The molecule has 2 unspecified atom stereocenters. The van der Waals surface area contributed by atoms with Crippen molar-refractivity contribution in [3.05, 3.63) is 12.7 Å². The van der Waals surface area contributed by atoms with Crippen LogP contribution in [0.5, 0.6) is 0 Å². The summed E-state index contributed by atoms with van der Waals surface area (Å²) in [6.45, 7) is 7.75. The molecule has 0 spiro atoms. The number of hydrogen-bond donors (Lipinski definition) is 0. The molecule has 15 heavy (non-hydrogen) atoms. The SMILES string of the molecule is C=CC(=O)C(PC)N1CCC(P=C)CC1. The number of piperidine rings is 1. The van der Waals surface area contributed by atoms with Crippen molar-refractivity contribution < 1.29 is 4.79 Å². The predicted octanol–water partition coefficient (Wildman–Crippen LogP) is 2.22. The van der Waals surface area contributed by atoms with Gasteiger partial charge in [-0.25, -0.2) is 0 Å². The quantitative estimate of drug-likeness (QED) is 0.545. The molecule has 1 aliphatic rings. The van der Waals surface area contributed by atoms with E-state index in [1.54, 1.807) is 0 Å². The lowest BCUT2D eigenvalue weighted by molar-refractivity contribution is -0.117. The smallest absolute Gasteiger partial charge is 0.176 e. The Bertz CT molecular complexity index is 247. The van der Waals surface area contributed by atoms with Crippen LogP contribution in [0.15, 0.2) is 12.7 Å². The molecule has 0 aromatic rings. The minimum absolute atomic E-state index is 0.0879. The maximum Gasteiger partial charge on any atom is 0.176 e. The Labute approximate surface area is 95.7 Å². The molecule has 2 atom stereocenters. The Kier molecular flexibility index (Phi) is 5.68. The number of ketones is 1. The maximum absolute atomic E-state index is 11.6. The summed E-state index contributed by atoms with van der Waals surface area (Å²) in [5.74, 6) is 0.270. The molecular formula is C11H19NOP2. The van der Waals surface area contributed by atoms with Crippen molar-refractivity contribution in [1.29, 1.82) is 0 Å². The normalized spacial score (nSPS) is 22.2. The topological polar surface area (TPSA) is 20.3 Å². The summed E-state index contributed by atoms with van der Waals surface area (Å²) in [4.78, 5) is 13.9. The molecule has 2 nitrogen and oxygen atoms in total. The van der Waals surface area contributed by atoms with Gasteiger partial charge in [-0.2, -0.15) is 0 Å². The van der Waals surface area contributed by atoms with Crippen LogP contribution in [0.3, 0.4) is 0 Å². The Morgan fingerprint density at radius 2 is 2.20 bits per heavy atom. The summed E-state index contributed by atoms with van der Waals surface area (Å²) in [5.41, 5.74) is 0.737. The van der Waals surface area contributed by atoms with Crippen molar-refractivity contribution in [3.63, 3.8) is 0 Å². The molecule has 1 rings (SSSR count). The van der Waals surface area contributed by atoms with Crippen molar-refractivity contribution in [2.45, 2.75) is 24.3 Å². The van der Waals surface area contributed by atoms with Gasteiger partial charge in [0.2, 0.25) is 0 Å². The first-order valence-electron chi connectivity index (χ1n) is 5.26. The summed E-state index contributed by atoms with van der Waals surface area (Å²) in [6.07, 6.45) is 7.74. The van der Waals surface area contributed by atoms with Crippen LogP contribution in [-0.2, 0) is 4.79 Å². The fraction of sp³-hybridized carbons (Fsp3) is 0.636. The Morgan fingerprint density at radius 3 is 2.60 bits per heavy atom. The molecule has 0 aliphatic carbocycles. The average molecular weight is 243 g/mol. The summed E-state index contributed by atoms with van der Waals surface area (Å²) >= 11 is 0. The van der Waals surface area contributed by atoms with E-state index < -0.39 is 0 Å². The van der Waals surface area contributed by atoms with Crippen molar-refractivity contribution in [2.75, 3.05) is 19.8 Å². The lowest BCUT2D eigenvalue weighted by Gasteiger charge is -2.34. The summed E-state index contributed by atoms with van der Waals surface area (Å²) < 4.78 is 0. The monoisotopic (exact) mass is 243 g/mol. The predicted molar refractivity (Wildman–Crippen MR) is 71.9 cm³/mol. The van der Waals surface area contributed by atoms with Gasteiger partial charge in [0.15, 0.2) is 5.78 Å². The zero-order valence-corrected chi connectivity index (χ0v) is 11.2. The minimum Gasteiger partial charge on any atom is -0.293 e. The molecule has 1 heterocycles. The molecule has 1 saturated heterocycles. The fourth-order valence-electron chi connectivity index (χ4n) is 1.94. The number of likely N-dealkylation sites (tertiary alicyclic amines) is 1. The summed E-state index contributed by atoms with van der Waals surface area (Å²) in [5, 5.41) is 0. The van der Waals surface area contributed by atoms with E-state index in [9.17, 15) is 4.79 Å². The van der Waals surface area contributed by atoms with E-state index in [2.05, 4.69) is 24.4 Å². The van der Waals surface area contributed by atoms with Crippen LogP contribution < -0.4 is 0 Å². The highest BCUT2D eigenvalue weighted by atomic mass is 31.1. The Balaban J connectivity index is 2.53. The van der Waals surface area contributed by atoms with Crippen LogP contribution in [0.4, 0.5) is 0 Å². The Hall–Kier alpha value is -0.0300. The van der Waals surface area contributed by atoms with E-state index in [1.807, 2.05) is 0 Å². The van der Waals surface area contributed by atoms with Crippen LogP contribution >= 0.6 is 16.8 Å². The number of hydrogen-bond acceptors (Lipinski definition) is 2. The van der Waals surface area contributed by atoms with Crippen molar-refractivity contribution in [2.24, 2.45) is 0 Å². The Morgan fingerprint density at radius 1 is 1.60 bits per heavy atom. The number of nitrogens with zero attached hydrogens (tertiary/aromatic N) is 1. The molecule has 0 radical (unpaired) electrons. The van der Waals surface area contributed by atoms with Gasteiger partial charge < -0.3 is 0 Å². The molecule has 0 saturated carbocycles. The van der Waals surface area contributed by atoms with Gasteiger partial charge in [0, 0.05) is 18.7 Å². The molecule has 0 aromatic heterocycles. The number of carbonyl (C=O) groups excluding carboxylic acids is 1. The minimum atomic E-state index is 0.0879. The summed E-state index contributed by atoms with van der Waals surface area (Å²) in [6, 6.07) is 0. The number of carbonyl (C=O) groups is 1. The van der Waals surface area contributed by atoms with Crippen LogP contribution in [-0.4, -0.2) is 48.2 Å². The first-order chi connectivity index (χ1) is 7.22. The molecule has 1 fully saturated rings. The van der Waals surface area contributed by atoms with Gasteiger partial charge in [0.05, 0.1) is 5.78 Å². The van der Waals surface area contributed by atoms with Crippen molar-refractivity contribution in [3.8, 4) is 0 Å². The number of rotatable bonds is 5. The van der Waals surface area contributed by atoms with Crippen LogP contribution in [0.1, 0.15) is 12.8 Å². The highest BCUT2D eigenvalue weighted by Crippen LogP contribution is 2.27. The molecule has 0 bridgehead atoms. The first-order valence-corrected chi connectivity index (χ1v) is 7.99. The van der Waals surface area contributed by atoms with E-state index in [0.717, 1.165) is 18.7 Å². The van der Waals surface area contributed by atoms with Crippen LogP contribution in [0, 0.1) is 0 Å². The van der Waals surface area contributed by atoms with Crippen LogP contribution in [0.2, 0.25) is 0 Å². The third-order valence-corrected chi connectivity index (χ3v) is 5.10. The maximum atomic E-state index is 11.6. The zero-order valence-electron chi connectivity index (χ0n) is 9.28. The van der Waals surface area contributed by atoms with Crippen molar-refractivity contribution >= 4 is 28.9 Å². The highest BCUT2D eigenvalue weighted by Gasteiger charge is 2.26. The molecule has 84 valence electrons. The molecule has 0 N–H and O–H groups in total. The van der Waals surface area contributed by atoms with E-state index in [4.69, 9.17) is 0 Å². The molecule has 0 aromatic carbocycles. The first kappa shape index (κ1) is 13.0. The van der Waals surface area contributed by atoms with Gasteiger partial charge in [0.25, 0.3) is 0 Å². The molecule has 1 aliphatic heterocycles. The summed E-state index contributed by atoms with van der Waals surface area (Å²) in [7, 11) is 1.90. The average Bonchev–Trinajstić information content (AvgIpc) is 2.30. The third kappa shape index (κ3) is 3.48. The van der Waals surface area contributed by atoms with E-state index >= 15 is 0 Å². The lowest BCUT2D eigenvalue weighted by atomic mass is 10.1. The van der Waals surface area contributed by atoms with E-state index in [0.29, 0.717) is 8.58 Å². The van der Waals surface area contributed by atoms with E-state index in [-0.39, 0.29) is 11.6 Å². The van der Waals surface area contributed by atoms with Gasteiger partial charge >= 0.3 is 0 Å². The standard InChI is InChI=1S/C11H19NOP2/c1-4-10(13)11(15-3)12-7-5-9(14-2)6-8-12/h4,9,11,15H,1-2,5-8H2,3H3. The van der Waals surface area contributed by atoms with E-state index in [1.165, 1.54) is 27.1 Å². The fourth-order valence-corrected chi connectivity index (χ4v) is 3.56. The van der Waals surface area contributed by atoms with Crippen molar-refractivity contribution in [1.82, 2.24) is 4.90 Å². The van der Waals surface area contributed by atoms with Gasteiger partial charge in [-0.15, -0.1) is 8.20 Å². The second-order valence-corrected chi connectivity index (χ2v) is 5.97. The molecule has 0 amide bonds. The largest absolute Gasteiger partial charge is 0.293 e. The van der Waals surface area contributed by atoms with Crippen LogP contribution in [0.25, 0.3) is 0 Å². The van der Waals surface area contributed by atoms with Gasteiger partial charge in [-0.3, -0.25) is 9.69 Å². The highest BCUT2D eigenvalue weighted by molar-refractivity contribution is 7.39. The second kappa shape index (κ2) is 6.53.